The largest absolute Gasteiger partial charge is 0.485 e. The van der Waals surface area contributed by atoms with E-state index in [2.05, 4.69) is 26.7 Å². The molecular weight excluding hydrogens is 402 g/mol. The van der Waals surface area contributed by atoms with Crippen molar-refractivity contribution in [3.05, 3.63) is 46.5 Å². The first-order chi connectivity index (χ1) is 14.2. The number of benzene rings is 1. The Kier molecular flexibility index (Phi) is 6.35. The van der Waals surface area contributed by atoms with Crippen LogP contribution in [0.1, 0.15) is 35.3 Å². The molecule has 1 amide bonds. The van der Waals surface area contributed by atoms with Crippen molar-refractivity contribution in [1.29, 1.82) is 0 Å². The first-order valence-corrected chi connectivity index (χ1v) is 10.4. The van der Waals surface area contributed by atoms with Gasteiger partial charge >= 0.3 is 0 Å². The van der Waals surface area contributed by atoms with Crippen LogP contribution in [0.15, 0.2) is 23.4 Å². The average molecular weight is 430 g/mol. The van der Waals surface area contributed by atoms with Crippen LogP contribution < -0.4 is 15.9 Å². The van der Waals surface area contributed by atoms with E-state index in [1.54, 1.807) is 11.6 Å². The van der Waals surface area contributed by atoms with Gasteiger partial charge in [-0.05, 0) is 46.2 Å². The summed E-state index contributed by atoms with van der Waals surface area (Å²) >= 11 is 1.23. The van der Waals surface area contributed by atoms with Gasteiger partial charge in [0, 0.05) is 7.05 Å². The molecule has 0 radical (unpaired) electrons. The van der Waals surface area contributed by atoms with Crippen LogP contribution >= 0.6 is 11.8 Å². The summed E-state index contributed by atoms with van der Waals surface area (Å²) in [7, 11) is 1.84. The summed E-state index contributed by atoms with van der Waals surface area (Å²) in [5.41, 5.74) is 4.61. The van der Waals surface area contributed by atoms with Crippen LogP contribution in [0.5, 0.6) is 5.75 Å². The number of ether oxygens (including phenoxy) is 1. The third-order valence-electron chi connectivity index (χ3n) is 4.83. The van der Waals surface area contributed by atoms with Crippen molar-refractivity contribution in [3.63, 3.8) is 0 Å². The quantitative estimate of drug-likeness (QED) is 0.438. The number of thioether (sulfide) groups is 1. The highest BCUT2D eigenvalue weighted by Gasteiger charge is 2.22. The van der Waals surface area contributed by atoms with Crippen molar-refractivity contribution < 1.29 is 9.53 Å². The maximum Gasteiger partial charge on any atom is 0.237 e. The number of anilines is 1. The van der Waals surface area contributed by atoms with Gasteiger partial charge in [0.15, 0.2) is 5.82 Å². The van der Waals surface area contributed by atoms with Crippen LogP contribution in [0.3, 0.4) is 0 Å². The van der Waals surface area contributed by atoms with Gasteiger partial charge in [0.1, 0.15) is 12.4 Å². The summed E-state index contributed by atoms with van der Waals surface area (Å²) in [6.07, 6.45) is 0. The molecule has 2 aromatic heterocycles. The van der Waals surface area contributed by atoms with Crippen LogP contribution in [-0.2, 0) is 18.4 Å². The lowest BCUT2D eigenvalue weighted by Crippen LogP contribution is -2.24. The number of rotatable bonds is 7. The van der Waals surface area contributed by atoms with Gasteiger partial charge in [-0.15, -0.1) is 10.2 Å². The summed E-state index contributed by atoms with van der Waals surface area (Å²) in [5, 5.41) is 15.5. The SMILES string of the molecule is Cc1ccc(OCc2nnc(S[C@H](C)C(=O)Nc3c(C)nn(C)c3C)n2N)c(C)c1. The second-order valence-corrected chi connectivity index (χ2v) is 8.55. The fraction of sp³-hybridized carbons (Fsp3) is 0.400. The molecule has 160 valence electrons. The van der Waals surface area contributed by atoms with E-state index in [1.165, 1.54) is 22.0 Å². The van der Waals surface area contributed by atoms with Gasteiger partial charge in [-0.1, -0.05) is 29.5 Å². The number of hydrogen-bond acceptors (Lipinski definition) is 7. The van der Waals surface area contributed by atoms with Crippen molar-refractivity contribution >= 4 is 23.4 Å². The predicted molar refractivity (Wildman–Crippen MR) is 117 cm³/mol. The summed E-state index contributed by atoms with van der Waals surface area (Å²) in [5.74, 6) is 7.22. The molecule has 0 saturated carbocycles. The molecule has 3 N–H and O–H groups in total. The topological polar surface area (TPSA) is 113 Å². The number of nitrogen functional groups attached to an aromatic ring is 1. The van der Waals surface area contributed by atoms with Crippen molar-refractivity contribution in [2.45, 2.75) is 51.6 Å². The number of nitrogens with one attached hydrogen (secondary N) is 1. The normalized spacial score (nSPS) is 12.1. The average Bonchev–Trinajstić information content (AvgIpc) is 3.15. The van der Waals surface area contributed by atoms with Gasteiger partial charge in [0.25, 0.3) is 0 Å². The minimum Gasteiger partial charge on any atom is -0.485 e. The highest BCUT2D eigenvalue weighted by atomic mass is 32.2. The van der Waals surface area contributed by atoms with Crippen LogP contribution in [0.2, 0.25) is 0 Å². The number of nitrogens with two attached hydrogens (primary N) is 1. The molecule has 1 atom stereocenters. The van der Waals surface area contributed by atoms with Crippen LogP contribution in [0.4, 0.5) is 5.69 Å². The fourth-order valence-electron chi connectivity index (χ4n) is 2.98. The lowest BCUT2D eigenvalue weighted by molar-refractivity contribution is -0.115. The van der Waals surface area contributed by atoms with E-state index >= 15 is 0 Å². The molecule has 10 heteroatoms. The Morgan fingerprint density at radius 3 is 2.63 bits per heavy atom. The standard InChI is InChI=1S/C20H27N7O2S/c1-11-7-8-16(12(2)9-11)29-10-17-23-24-20(27(17)21)30-15(5)19(28)22-18-13(3)25-26(6)14(18)4/h7-9,15H,10,21H2,1-6H3,(H,22,28)/t15-/m1/s1. The third-order valence-corrected chi connectivity index (χ3v) is 5.89. The molecule has 3 rings (SSSR count). The first kappa shape index (κ1) is 21.7. The van der Waals surface area contributed by atoms with E-state index in [0.29, 0.717) is 11.0 Å². The van der Waals surface area contributed by atoms with Gasteiger partial charge < -0.3 is 15.9 Å². The van der Waals surface area contributed by atoms with Gasteiger partial charge in [-0.2, -0.15) is 5.10 Å². The second-order valence-electron chi connectivity index (χ2n) is 7.25. The molecule has 0 fully saturated rings. The number of amides is 1. The van der Waals surface area contributed by atoms with Crippen LogP contribution in [0, 0.1) is 27.7 Å². The van der Waals surface area contributed by atoms with E-state index in [-0.39, 0.29) is 12.5 Å². The maximum absolute atomic E-state index is 12.6. The Labute approximate surface area is 180 Å². The minimum absolute atomic E-state index is 0.157. The zero-order chi connectivity index (χ0) is 22.0. The monoisotopic (exact) mass is 429 g/mol. The minimum atomic E-state index is -0.427. The molecule has 9 nitrogen and oxygen atoms in total. The number of nitrogens with zero attached hydrogens (tertiary/aromatic N) is 5. The number of aryl methyl sites for hydroxylation is 4. The predicted octanol–water partition coefficient (Wildman–Crippen LogP) is 2.66. The van der Waals surface area contributed by atoms with E-state index in [9.17, 15) is 4.79 Å². The third kappa shape index (κ3) is 4.59. The van der Waals surface area contributed by atoms with E-state index < -0.39 is 5.25 Å². The summed E-state index contributed by atoms with van der Waals surface area (Å²) in [6, 6.07) is 5.96. The number of hydrogen-bond donors (Lipinski definition) is 2. The lowest BCUT2D eigenvalue weighted by Gasteiger charge is -2.12. The number of carbonyl (C=O) groups excluding carboxylic acids is 1. The molecule has 3 aromatic rings. The Morgan fingerprint density at radius 1 is 1.27 bits per heavy atom. The zero-order valence-corrected chi connectivity index (χ0v) is 18.9. The Morgan fingerprint density at radius 2 is 2.00 bits per heavy atom. The molecular formula is C20H27N7O2S. The van der Waals surface area contributed by atoms with Gasteiger partial charge in [0.2, 0.25) is 11.1 Å². The summed E-state index contributed by atoms with van der Waals surface area (Å²) < 4.78 is 8.93. The summed E-state index contributed by atoms with van der Waals surface area (Å²) in [6.45, 7) is 9.77. The Bertz CT molecular complexity index is 1070. The molecule has 0 bridgehead atoms. The zero-order valence-electron chi connectivity index (χ0n) is 18.1. The molecule has 1 aromatic carbocycles. The van der Waals surface area contributed by atoms with Crippen LogP contribution in [0.25, 0.3) is 0 Å². The highest BCUT2D eigenvalue weighted by molar-refractivity contribution is 8.00. The smallest absolute Gasteiger partial charge is 0.237 e. The van der Waals surface area contributed by atoms with E-state index in [1.807, 2.05) is 46.9 Å². The molecule has 0 aliphatic heterocycles. The molecule has 0 aliphatic rings. The van der Waals surface area contributed by atoms with E-state index in [0.717, 1.165) is 28.4 Å². The molecule has 2 heterocycles. The van der Waals surface area contributed by atoms with Crippen molar-refractivity contribution in [2.24, 2.45) is 7.05 Å². The maximum atomic E-state index is 12.6. The second kappa shape index (κ2) is 8.78. The molecule has 0 spiro atoms. The van der Waals surface area contributed by atoms with Crippen molar-refractivity contribution in [3.8, 4) is 5.75 Å². The molecule has 0 aliphatic carbocycles. The van der Waals surface area contributed by atoms with Gasteiger partial charge in [-0.3, -0.25) is 9.48 Å². The van der Waals surface area contributed by atoms with Gasteiger partial charge in [0.05, 0.1) is 22.3 Å². The van der Waals surface area contributed by atoms with E-state index in [4.69, 9.17) is 10.6 Å². The molecule has 30 heavy (non-hydrogen) atoms. The highest BCUT2D eigenvalue weighted by Crippen LogP contribution is 2.25. The Hall–Kier alpha value is -3.01. The van der Waals surface area contributed by atoms with Crippen molar-refractivity contribution in [1.82, 2.24) is 24.7 Å². The van der Waals surface area contributed by atoms with Crippen LogP contribution in [-0.4, -0.2) is 35.8 Å². The lowest BCUT2D eigenvalue weighted by atomic mass is 10.1. The number of aromatic nitrogens is 5. The fourth-order valence-corrected chi connectivity index (χ4v) is 3.77. The van der Waals surface area contributed by atoms with Gasteiger partial charge in [-0.25, -0.2) is 4.68 Å². The molecule has 0 unspecified atom stereocenters. The first-order valence-electron chi connectivity index (χ1n) is 9.54. The Balaban J connectivity index is 1.63. The van der Waals surface area contributed by atoms with Crippen molar-refractivity contribution in [2.75, 3.05) is 11.2 Å². The molecule has 0 saturated heterocycles. The number of carbonyl (C=O) groups is 1. The summed E-state index contributed by atoms with van der Waals surface area (Å²) in [4.78, 5) is 12.6.